The second kappa shape index (κ2) is 7.04. The third kappa shape index (κ3) is 4.53. The Bertz CT molecular complexity index is 440. The van der Waals surface area contributed by atoms with Gasteiger partial charge in [-0.05, 0) is 20.3 Å². The summed E-state index contributed by atoms with van der Waals surface area (Å²) in [7, 11) is -0.829. The summed E-state index contributed by atoms with van der Waals surface area (Å²) in [5.74, 6) is 2.08. The van der Waals surface area contributed by atoms with Crippen molar-refractivity contribution in [2.75, 3.05) is 17.3 Å². The smallest absolute Gasteiger partial charge is 0.137 e. The fourth-order valence-electron chi connectivity index (χ4n) is 1.64. The maximum absolute atomic E-state index is 11.2. The van der Waals surface area contributed by atoms with Gasteiger partial charge in [-0.3, -0.25) is 4.21 Å². The molecule has 0 aliphatic carbocycles. The molecule has 6 heteroatoms. The van der Waals surface area contributed by atoms with Gasteiger partial charge in [0.25, 0.3) is 0 Å². The fraction of sp³-hybridized carbons (Fsp3) is 0.667. The van der Waals surface area contributed by atoms with E-state index >= 15 is 0 Å². The third-order valence-electron chi connectivity index (χ3n) is 2.47. The van der Waals surface area contributed by atoms with Gasteiger partial charge < -0.3 is 5.32 Å². The molecule has 4 nitrogen and oxygen atoms in total. The zero-order valence-corrected chi connectivity index (χ0v) is 12.9. The monoisotopic (exact) mass is 289 g/mol. The fourth-order valence-corrected chi connectivity index (χ4v) is 2.61. The summed E-state index contributed by atoms with van der Waals surface area (Å²) in [5, 5.41) is 3.74. The Morgan fingerprint density at radius 1 is 1.44 bits per heavy atom. The molecule has 0 amide bonds. The molecular formula is C12H20ClN3OS. The number of hydrogen-bond acceptors (Lipinski definition) is 4. The van der Waals surface area contributed by atoms with Gasteiger partial charge >= 0.3 is 0 Å². The Balaban J connectivity index is 2.89. The van der Waals surface area contributed by atoms with E-state index in [0.717, 1.165) is 30.0 Å². The average molecular weight is 290 g/mol. The summed E-state index contributed by atoms with van der Waals surface area (Å²) in [6.45, 7) is 5.94. The number of hydrogen-bond donors (Lipinski definition) is 1. The topological polar surface area (TPSA) is 54.9 Å². The van der Waals surface area contributed by atoms with E-state index in [1.165, 1.54) is 0 Å². The first-order chi connectivity index (χ1) is 8.43. The summed E-state index contributed by atoms with van der Waals surface area (Å²) >= 11 is 6.09. The van der Waals surface area contributed by atoms with Crippen molar-refractivity contribution >= 4 is 28.2 Å². The van der Waals surface area contributed by atoms with E-state index in [4.69, 9.17) is 11.6 Å². The summed E-state index contributed by atoms with van der Waals surface area (Å²) in [4.78, 5) is 8.71. The van der Waals surface area contributed by atoms with Gasteiger partial charge in [0.05, 0.1) is 0 Å². The molecule has 0 aliphatic heterocycles. The highest BCUT2D eigenvalue weighted by molar-refractivity contribution is 7.84. The van der Waals surface area contributed by atoms with Crippen LogP contribution in [0.2, 0.25) is 5.15 Å². The largest absolute Gasteiger partial charge is 0.366 e. The van der Waals surface area contributed by atoms with E-state index in [-0.39, 0.29) is 6.04 Å². The van der Waals surface area contributed by atoms with Crippen molar-refractivity contribution in [3.63, 3.8) is 0 Å². The number of nitrogens with one attached hydrogen (secondary N) is 1. The molecule has 1 aromatic rings. The lowest BCUT2D eigenvalue weighted by atomic mass is 10.2. The Kier molecular flexibility index (Phi) is 6.02. The van der Waals surface area contributed by atoms with Gasteiger partial charge in [0.2, 0.25) is 0 Å². The summed E-state index contributed by atoms with van der Waals surface area (Å²) in [5.41, 5.74) is 0.838. The summed E-state index contributed by atoms with van der Waals surface area (Å²) < 4.78 is 11.2. The van der Waals surface area contributed by atoms with Crippen LogP contribution in [-0.4, -0.2) is 32.2 Å². The molecule has 0 aliphatic rings. The maximum Gasteiger partial charge on any atom is 0.137 e. The van der Waals surface area contributed by atoms with E-state index in [9.17, 15) is 4.21 Å². The van der Waals surface area contributed by atoms with E-state index in [1.54, 1.807) is 6.26 Å². The first-order valence-corrected chi connectivity index (χ1v) is 8.14. The van der Waals surface area contributed by atoms with Crippen LogP contribution in [0, 0.1) is 6.92 Å². The molecule has 0 saturated carbocycles. The lowest BCUT2D eigenvalue weighted by Crippen LogP contribution is -2.24. The van der Waals surface area contributed by atoms with E-state index in [2.05, 4.69) is 22.2 Å². The number of nitrogens with zero attached hydrogens (tertiary/aromatic N) is 2. The van der Waals surface area contributed by atoms with Crippen LogP contribution in [-0.2, 0) is 17.2 Å². The van der Waals surface area contributed by atoms with E-state index < -0.39 is 10.8 Å². The molecular weight excluding hydrogens is 270 g/mol. The third-order valence-corrected chi connectivity index (χ3v) is 3.81. The van der Waals surface area contributed by atoms with Crippen LogP contribution in [0.5, 0.6) is 0 Å². The van der Waals surface area contributed by atoms with Crippen LogP contribution in [0.25, 0.3) is 0 Å². The van der Waals surface area contributed by atoms with Crippen molar-refractivity contribution in [3.8, 4) is 0 Å². The Hall–Kier alpha value is -0.680. The van der Waals surface area contributed by atoms with Crippen molar-refractivity contribution in [2.45, 2.75) is 39.7 Å². The van der Waals surface area contributed by atoms with Gasteiger partial charge in [0, 0.05) is 40.8 Å². The van der Waals surface area contributed by atoms with Crippen LogP contribution in [0.4, 0.5) is 5.82 Å². The molecule has 0 spiro atoms. The Labute approximate surface area is 116 Å². The number of aromatic nitrogens is 2. The van der Waals surface area contributed by atoms with Crippen molar-refractivity contribution in [2.24, 2.45) is 0 Å². The van der Waals surface area contributed by atoms with Crippen molar-refractivity contribution < 1.29 is 4.21 Å². The summed E-state index contributed by atoms with van der Waals surface area (Å²) in [6, 6.07) is 0.0926. The number of anilines is 1. The molecule has 0 bridgehead atoms. The van der Waals surface area contributed by atoms with Gasteiger partial charge in [-0.1, -0.05) is 18.5 Å². The number of halogens is 1. The molecule has 2 unspecified atom stereocenters. The lowest BCUT2D eigenvalue weighted by Gasteiger charge is -2.16. The van der Waals surface area contributed by atoms with E-state index in [0.29, 0.717) is 10.9 Å². The number of aryl methyl sites for hydroxylation is 1. The van der Waals surface area contributed by atoms with Gasteiger partial charge in [-0.15, -0.1) is 0 Å². The molecule has 0 fully saturated rings. The van der Waals surface area contributed by atoms with Gasteiger partial charge in [0.15, 0.2) is 0 Å². The van der Waals surface area contributed by atoms with E-state index in [1.807, 2.05) is 13.8 Å². The normalized spacial score (nSPS) is 14.3. The van der Waals surface area contributed by atoms with Crippen LogP contribution in [0.15, 0.2) is 0 Å². The first kappa shape index (κ1) is 15.4. The molecule has 1 rings (SSSR count). The molecule has 0 radical (unpaired) electrons. The minimum atomic E-state index is -0.829. The Morgan fingerprint density at radius 2 is 2.11 bits per heavy atom. The lowest BCUT2D eigenvalue weighted by molar-refractivity contribution is 0.682. The molecule has 0 saturated heterocycles. The quantitative estimate of drug-likeness (QED) is 0.818. The number of rotatable bonds is 6. The van der Waals surface area contributed by atoms with Crippen LogP contribution in [0.1, 0.15) is 31.7 Å². The Morgan fingerprint density at radius 3 is 2.67 bits per heavy atom. The SMILES string of the molecule is CCCc1nc(Cl)c(C)c(NC(C)CS(C)=O)n1. The molecule has 0 aromatic carbocycles. The van der Waals surface area contributed by atoms with Crippen LogP contribution >= 0.6 is 11.6 Å². The highest BCUT2D eigenvalue weighted by atomic mass is 35.5. The van der Waals surface area contributed by atoms with Crippen LogP contribution < -0.4 is 5.32 Å². The van der Waals surface area contributed by atoms with Gasteiger partial charge in [0.1, 0.15) is 16.8 Å². The van der Waals surface area contributed by atoms with Crippen molar-refractivity contribution in [1.82, 2.24) is 9.97 Å². The molecule has 2 atom stereocenters. The standard InChI is InChI=1S/C12H20ClN3OS/c1-5-6-10-15-11(13)9(3)12(16-10)14-8(2)7-18(4)17/h8H,5-7H2,1-4H3,(H,14,15,16). The maximum atomic E-state index is 11.2. The minimum Gasteiger partial charge on any atom is -0.366 e. The van der Waals surface area contributed by atoms with Crippen molar-refractivity contribution in [1.29, 1.82) is 0 Å². The second-order valence-electron chi connectivity index (χ2n) is 4.44. The highest BCUT2D eigenvalue weighted by Crippen LogP contribution is 2.21. The average Bonchev–Trinajstić information content (AvgIpc) is 2.24. The van der Waals surface area contributed by atoms with Gasteiger partial charge in [-0.25, -0.2) is 9.97 Å². The minimum absolute atomic E-state index is 0.0926. The molecule has 1 heterocycles. The molecule has 102 valence electrons. The summed E-state index contributed by atoms with van der Waals surface area (Å²) in [6.07, 6.45) is 3.48. The molecule has 1 N–H and O–H groups in total. The molecule has 18 heavy (non-hydrogen) atoms. The zero-order valence-electron chi connectivity index (χ0n) is 11.3. The predicted molar refractivity (Wildman–Crippen MR) is 77.8 cm³/mol. The zero-order chi connectivity index (χ0) is 13.7. The van der Waals surface area contributed by atoms with Crippen molar-refractivity contribution in [3.05, 3.63) is 16.5 Å². The highest BCUT2D eigenvalue weighted by Gasteiger charge is 2.12. The molecule has 1 aromatic heterocycles. The predicted octanol–water partition coefficient (Wildman–Crippen LogP) is 2.57. The second-order valence-corrected chi connectivity index (χ2v) is 6.28. The van der Waals surface area contributed by atoms with Gasteiger partial charge in [-0.2, -0.15) is 0 Å². The van der Waals surface area contributed by atoms with Crippen LogP contribution in [0.3, 0.4) is 0 Å². The first-order valence-electron chi connectivity index (χ1n) is 6.03.